The van der Waals surface area contributed by atoms with E-state index >= 15 is 0 Å². The second kappa shape index (κ2) is 15.2. The standard InChI is InChI=1S/C60H42N2Si/c1-4-22-46(23-5-1)62-56-33-16-17-34-59(56)63(49-24-6-2-7-25-49,50-26-8-3-9-27-50)60-40-39-48(42-58(60)62)61(57-41-45-20-11-13-29-53(45)54-30-14-15-31-55(54)57)47-37-35-44(36-38-47)52-32-18-21-43-19-10-12-28-51(43)52/h1-42H. The van der Waals surface area contributed by atoms with Gasteiger partial charge >= 0.3 is 0 Å². The van der Waals surface area contributed by atoms with Gasteiger partial charge in [-0.05, 0) is 107 Å². The van der Waals surface area contributed by atoms with Crippen LogP contribution in [0, 0.1) is 0 Å². The fraction of sp³-hybridized carbons (Fsp3) is 0. The molecule has 0 unspecified atom stereocenters. The van der Waals surface area contributed by atoms with E-state index in [4.69, 9.17) is 0 Å². The van der Waals surface area contributed by atoms with E-state index in [-0.39, 0.29) is 0 Å². The molecule has 11 aromatic carbocycles. The quantitative estimate of drug-likeness (QED) is 0.117. The molecule has 0 bridgehead atoms. The van der Waals surface area contributed by atoms with Gasteiger partial charge in [0, 0.05) is 33.8 Å². The summed E-state index contributed by atoms with van der Waals surface area (Å²) in [4.78, 5) is 4.99. The molecule has 1 aliphatic rings. The molecule has 0 spiro atoms. The van der Waals surface area contributed by atoms with Crippen molar-refractivity contribution >= 4 is 95.3 Å². The van der Waals surface area contributed by atoms with E-state index < -0.39 is 8.07 Å². The molecule has 0 radical (unpaired) electrons. The van der Waals surface area contributed by atoms with E-state index in [1.54, 1.807) is 0 Å². The van der Waals surface area contributed by atoms with E-state index in [0.29, 0.717) is 0 Å². The molecule has 0 aromatic heterocycles. The van der Waals surface area contributed by atoms with Crippen LogP contribution in [0.15, 0.2) is 255 Å². The molecular weight excluding hydrogens is 777 g/mol. The summed E-state index contributed by atoms with van der Waals surface area (Å²) in [5, 5.41) is 12.9. The minimum absolute atomic E-state index is 1.09. The third kappa shape index (κ3) is 5.93. The van der Waals surface area contributed by atoms with Crippen molar-refractivity contribution in [3.05, 3.63) is 255 Å². The van der Waals surface area contributed by atoms with Crippen LogP contribution in [0.2, 0.25) is 0 Å². The van der Waals surface area contributed by atoms with Crippen LogP contribution in [0.4, 0.5) is 34.1 Å². The monoisotopic (exact) mass is 818 g/mol. The number of nitrogens with zero attached hydrogens (tertiary/aromatic N) is 2. The van der Waals surface area contributed by atoms with E-state index in [1.807, 2.05) is 0 Å². The van der Waals surface area contributed by atoms with Crippen LogP contribution in [0.3, 0.4) is 0 Å². The highest BCUT2D eigenvalue weighted by molar-refractivity contribution is 7.21. The predicted octanol–water partition coefficient (Wildman–Crippen LogP) is 13.4. The van der Waals surface area contributed by atoms with E-state index in [2.05, 4.69) is 265 Å². The van der Waals surface area contributed by atoms with Crippen molar-refractivity contribution in [2.24, 2.45) is 0 Å². The van der Waals surface area contributed by atoms with Gasteiger partial charge in [-0.1, -0.05) is 206 Å². The average molecular weight is 819 g/mol. The number of hydrogen-bond acceptors (Lipinski definition) is 2. The Balaban J connectivity index is 1.15. The normalized spacial score (nSPS) is 12.9. The van der Waals surface area contributed by atoms with Gasteiger partial charge in [-0.15, -0.1) is 0 Å². The molecule has 63 heavy (non-hydrogen) atoms. The first-order chi connectivity index (χ1) is 31.3. The van der Waals surface area contributed by atoms with Gasteiger partial charge in [-0.3, -0.25) is 0 Å². The first-order valence-electron chi connectivity index (χ1n) is 21.8. The Bertz CT molecular complexity index is 3410. The molecule has 0 saturated carbocycles. The number of para-hydroxylation sites is 2. The van der Waals surface area contributed by atoms with E-state index in [0.717, 1.165) is 22.7 Å². The summed E-state index contributed by atoms with van der Waals surface area (Å²) in [6.07, 6.45) is 0. The fourth-order valence-electron chi connectivity index (χ4n) is 10.4. The highest BCUT2D eigenvalue weighted by Gasteiger charge is 2.49. The minimum atomic E-state index is -2.87. The third-order valence-corrected chi connectivity index (χ3v) is 17.9. The number of benzene rings is 11. The minimum Gasteiger partial charge on any atom is -0.311 e. The number of rotatable bonds is 7. The summed E-state index contributed by atoms with van der Waals surface area (Å²) < 4.78 is 0. The van der Waals surface area contributed by atoms with Gasteiger partial charge in [0.15, 0.2) is 8.07 Å². The van der Waals surface area contributed by atoms with Crippen molar-refractivity contribution in [2.75, 3.05) is 9.80 Å². The molecule has 2 nitrogen and oxygen atoms in total. The first kappa shape index (κ1) is 36.8. The third-order valence-electron chi connectivity index (χ3n) is 13.1. The lowest BCUT2D eigenvalue weighted by atomic mass is 9.97. The van der Waals surface area contributed by atoms with Crippen molar-refractivity contribution in [1.29, 1.82) is 0 Å². The Kier molecular flexibility index (Phi) is 8.87. The van der Waals surface area contributed by atoms with Crippen molar-refractivity contribution in [2.45, 2.75) is 0 Å². The fourth-order valence-corrected chi connectivity index (χ4v) is 15.4. The van der Waals surface area contributed by atoms with Gasteiger partial charge in [0.05, 0.1) is 5.69 Å². The largest absolute Gasteiger partial charge is 0.311 e. The lowest BCUT2D eigenvalue weighted by molar-refractivity contribution is 1.26. The SMILES string of the molecule is c1ccc(N2c3ccccc3[Si](c3ccccc3)(c3ccccc3)c3ccc(N(c4ccc(-c5cccc6ccccc56)cc4)c4cc5ccccc5c5ccccc45)cc32)cc1. The van der Waals surface area contributed by atoms with Crippen LogP contribution in [-0.2, 0) is 0 Å². The molecule has 0 saturated heterocycles. The number of hydrogen-bond donors (Lipinski definition) is 0. The van der Waals surface area contributed by atoms with Crippen LogP contribution in [-0.4, -0.2) is 8.07 Å². The van der Waals surface area contributed by atoms with Crippen molar-refractivity contribution in [3.63, 3.8) is 0 Å². The molecular formula is C60H42N2Si. The van der Waals surface area contributed by atoms with Gasteiger partial charge in [-0.25, -0.2) is 0 Å². The van der Waals surface area contributed by atoms with Crippen molar-refractivity contribution in [3.8, 4) is 11.1 Å². The van der Waals surface area contributed by atoms with Gasteiger partial charge in [-0.2, -0.15) is 0 Å². The number of fused-ring (bicyclic) bond motifs is 6. The zero-order valence-electron chi connectivity index (χ0n) is 34.6. The maximum atomic E-state index is 2.51. The molecule has 0 atom stereocenters. The molecule has 11 aromatic rings. The van der Waals surface area contributed by atoms with Crippen LogP contribution >= 0.6 is 0 Å². The topological polar surface area (TPSA) is 6.48 Å². The van der Waals surface area contributed by atoms with Crippen molar-refractivity contribution < 1.29 is 0 Å². The second-order valence-electron chi connectivity index (χ2n) is 16.4. The summed E-state index contributed by atoms with van der Waals surface area (Å²) in [6.45, 7) is 0. The average Bonchev–Trinajstić information content (AvgIpc) is 3.36. The summed E-state index contributed by atoms with van der Waals surface area (Å²) in [5.74, 6) is 0. The van der Waals surface area contributed by atoms with Crippen LogP contribution in [0.1, 0.15) is 0 Å². The van der Waals surface area contributed by atoms with Crippen molar-refractivity contribution in [1.82, 2.24) is 0 Å². The molecule has 3 heteroatoms. The Hall–Kier alpha value is -7.98. The van der Waals surface area contributed by atoms with E-state index in [1.165, 1.54) is 75.6 Å². The Morgan fingerprint density at radius 1 is 0.333 bits per heavy atom. The smallest absolute Gasteiger partial charge is 0.184 e. The Morgan fingerprint density at radius 2 is 0.873 bits per heavy atom. The summed E-state index contributed by atoms with van der Waals surface area (Å²) >= 11 is 0. The van der Waals surface area contributed by atoms with Gasteiger partial charge in [0.2, 0.25) is 0 Å². The number of anilines is 6. The summed E-state index contributed by atoms with van der Waals surface area (Å²) in [6, 6.07) is 94.4. The molecule has 1 heterocycles. The molecule has 0 amide bonds. The highest BCUT2D eigenvalue weighted by atomic mass is 28.3. The van der Waals surface area contributed by atoms with Gasteiger partial charge < -0.3 is 9.80 Å². The lowest BCUT2D eigenvalue weighted by Crippen LogP contribution is -2.77. The second-order valence-corrected chi connectivity index (χ2v) is 20.2. The first-order valence-corrected chi connectivity index (χ1v) is 23.8. The zero-order valence-corrected chi connectivity index (χ0v) is 35.6. The molecule has 0 N–H and O–H groups in total. The maximum Gasteiger partial charge on any atom is 0.184 e. The zero-order chi connectivity index (χ0) is 41.7. The van der Waals surface area contributed by atoms with Crippen LogP contribution < -0.4 is 30.5 Å². The van der Waals surface area contributed by atoms with E-state index in [9.17, 15) is 0 Å². The Morgan fingerprint density at radius 3 is 1.60 bits per heavy atom. The van der Waals surface area contributed by atoms with Crippen LogP contribution in [0.5, 0.6) is 0 Å². The molecule has 296 valence electrons. The van der Waals surface area contributed by atoms with Gasteiger partial charge in [0.1, 0.15) is 0 Å². The predicted molar refractivity (Wildman–Crippen MR) is 271 cm³/mol. The maximum absolute atomic E-state index is 2.87. The molecule has 1 aliphatic heterocycles. The molecule has 12 rings (SSSR count). The van der Waals surface area contributed by atoms with Crippen LogP contribution in [0.25, 0.3) is 43.4 Å². The summed E-state index contributed by atoms with van der Waals surface area (Å²) in [5.41, 5.74) is 9.30. The highest BCUT2D eigenvalue weighted by Crippen LogP contribution is 2.46. The summed E-state index contributed by atoms with van der Waals surface area (Å²) in [7, 11) is -2.87. The molecule has 0 fully saturated rings. The van der Waals surface area contributed by atoms with Gasteiger partial charge in [0.25, 0.3) is 0 Å². The Labute approximate surface area is 369 Å². The lowest BCUT2D eigenvalue weighted by Gasteiger charge is -2.45. The molecule has 0 aliphatic carbocycles.